The minimum absolute atomic E-state index is 0.111. The average molecular weight is 192 g/mol. The van der Waals surface area contributed by atoms with E-state index in [9.17, 15) is 4.79 Å². The van der Waals surface area contributed by atoms with E-state index < -0.39 is 5.97 Å². The summed E-state index contributed by atoms with van der Waals surface area (Å²) in [5.74, 6) is -0.327. The van der Waals surface area contributed by atoms with Crippen LogP contribution in [0.1, 0.15) is 36.5 Å². The van der Waals surface area contributed by atoms with Gasteiger partial charge in [-0.1, -0.05) is 32.0 Å². The summed E-state index contributed by atoms with van der Waals surface area (Å²) in [5, 5.41) is 8.67. The van der Waals surface area contributed by atoms with Crippen molar-refractivity contribution >= 4 is 5.97 Å². The Kier molecular flexibility index (Phi) is 3.28. The van der Waals surface area contributed by atoms with Gasteiger partial charge in [0.1, 0.15) is 0 Å². The SMILES string of the molecule is Cc1ccc(CC(=O)O)cc1C(C)C. The van der Waals surface area contributed by atoms with E-state index in [2.05, 4.69) is 20.8 Å². The summed E-state index contributed by atoms with van der Waals surface area (Å²) in [6.07, 6.45) is 0.111. The fourth-order valence-corrected chi connectivity index (χ4v) is 1.60. The molecule has 0 aromatic heterocycles. The molecule has 1 rings (SSSR count). The molecule has 0 saturated carbocycles. The van der Waals surface area contributed by atoms with Crippen LogP contribution in [0.2, 0.25) is 0 Å². The summed E-state index contributed by atoms with van der Waals surface area (Å²) in [6.45, 7) is 6.29. The number of carboxylic acids is 1. The Balaban J connectivity index is 3.00. The maximum Gasteiger partial charge on any atom is 0.307 e. The largest absolute Gasteiger partial charge is 0.481 e. The van der Waals surface area contributed by atoms with Gasteiger partial charge in [-0.05, 0) is 29.5 Å². The van der Waals surface area contributed by atoms with Crippen molar-refractivity contribution in [1.29, 1.82) is 0 Å². The lowest BCUT2D eigenvalue weighted by molar-refractivity contribution is -0.136. The van der Waals surface area contributed by atoms with Gasteiger partial charge in [0.2, 0.25) is 0 Å². The number of carboxylic acid groups (broad SMARTS) is 1. The first-order valence-corrected chi connectivity index (χ1v) is 4.82. The Bertz CT molecular complexity index is 340. The molecule has 0 amide bonds. The maximum absolute atomic E-state index is 10.5. The van der Waals surface area contributed by atoms with Crippen LogP contribution >= 0.6 is 0 Å². The molecule has 76 valence electrons. The fraction of sp³-hybridized carbons (Fsp3) is 0.417. The van der Waals surface area contributed by atoms with Gasteiger partial charge in [-0.15, -0.1) is 0 Å². The number of rotatable bonds is 3. The van der Waals surface area contributed by atoms with Crippen molar-refractivity contribution in [3.8, 4) is 0 Å². The van der Waals surface area contributed by atoms with Gasteiger partial charge in [0.15, 0.2) is 0 Å². The molecular formula is C12H16O2. The van der Waals surface area contributed by atoms with E-state index in [-0.39, 0.29) is 6.42 Å². The van der Waals surface area contributed by atoms with Crippen molar-refractivity contribution in [1.82, 2.24) is 0 Å². The van der Waals surface area contributed by atoms with Crippen molar-refractivity contribution in [2.45, 2.75) is 33.1 Å². The second-order valence-corrected chi connectivity index (χ2v) is 3.92. The van der Waals surface area contributed by atoms with Gasteiger partial charge in [0.05, 0.1) is 6.42 Å². The van der Waals surface area contributed by atoms with Crippen LogP contribution in [0.15, 0.2) is 18.2 Å². The summed E-state index contributed by atoms with van der Waals surface area (Å²) in [6, 6.07) is 5.87. The van der Waals surface area contributed by atoms with Gasteiger partial charge in [-0.25, -0.2) is 0 Å². The van der Waals surface area contributed by atoms with Crippen LogP contribution in [-0.2, 0) is 11.2 Å². The lowest BCUT2D eigenvalue weighted by atomic mass is 9.95. The van der Waals surface area contributed by atoms with Crippen LogP contribution in [0.5, 0.6) is 0 Å². The van der Waals surface area contributed by atoms with Gasteiger partial charge in [0.25, 0.3) is 0 Å². The topological polar surface area (TPSA) is 37.3 Å². The second-order valence-electron chi connectivity index (χ2n) is 3.92. The highest BCUT2D eigenvalue weighted by Gasteiger charge is 2.06. The molecule has 0 aliphatic carbocycles. The van der Waals surface area contributed by atoms with E-state index in [0.717, 1.165) is 5.56 Å². The predicted octanol–water partition coefficient (Wildman–Crippen LogP) is 2.75. The molecule has 0 fully saturated rings. The predicted molar refractivity (Wildman–Crippen MR) is 56.6 cm³/mol. The minimum Gasteiger partial charge on any atom is -0.481 e. The van der Waals surface area contributed by atoms with Crippen LogP contribution in [0.3, 0.4) is 0 Å². The molecule has 0 saturated heterocycles. The van der Waals surface area contributed by atoms with E-state index in [1.807, 2.05) is 18.2 Å². The fourth-order valence-electron chi connectivity index (χ4n) is 1.60. The smallest absolute Gasteiger partial charge is 0.307 e. The molecule has 0 atom stereocenters. The number of carbonyl (C=O) groups is 1. The molecule has 0 spiro atoms. The molecule has 14 heavy (non-hydrogen) atoms. The Morgan fingerprint density at radius 3 is 2.57 bits per heavy atom. The Hall–Kier alpha value is -1.31. The number of hydrogen-bond donors (Lipinski definition) is 1. The van der Waals surface area contributed by atoms with Crippen LogP contribution in [0.25, 0.3) is 0 Å². The van der Waals surface area contributed by atoms with E-state index >= 15 is 0 Å². The molecule has 0 aliphatic rings. The first-order valence-electron chi connectivity index (χ1n) is 4.82. The van der Waals surface area contributed by atoms with E-state index in [1.54, 1.807) is 0 Å². The van der Waals surface area contributed by atoms with Crippen molar-refractivity contribution in [2.75, 3.05) is 0 Å². The third kappa shape index (κ3) is 2.59. The first kappa shape index (κ1) is 10.8. The monoisotopic (exact) mass is 192 g/mol. The van der Waals surface area contributed by atoms with Crippen LogP contribution in [0.4, 0.5) is 0 Å². The van der Waals surface area contributed by atoms with Crippen molar-refractivity contribution in [3.63, 3.8) is 0 Å². The Morgan fingerprint density at radius 2 is 2.07 bits per heavy atom. The van der Waals surface area contributed by atoms with E-state index in [1.165, 1.54) is 11.1 Å². The number of aliphatic carboxylic acids is 1. The lowest BCUT2D eigenvalue weighted by Crippen LogP contribution is -2.02. The number of benzene rings is 1. The molecule has 0 aliphatic heterocycles. The van der Waals surface area contributed by atoms with Crippen LogP contribution < -0.4 is 0 Å². The van der Waals surface area contributed by atoms with E-state index in [4.69, 9.17) is 5.11 Å². The van der Waals surface area contributed by atoms with Crippen LogP contribution in [0, 0.1) is 6.92 Å². The molecule has 0 heterocycles. The molecule has 0 radical (unpaired) electrons. The zero-order valence-corrected chi connectivity index (χ0v) is 8.87. The molecule has 1 aromatic rings. The zero-order chi connectivity index (χ0) is 10.7. The van der Waals surface area contributed by atoms with Gasteiger partial charge in [-0.2, -0.15) is 0 Å². The highest BCUT2D eigenvalue weighted by atomic mass is 16.4. The van der Waals surface area contributed by atoms with Crippen LogP contribution in [-0.4, -0.2) is 11.1 Å². The summed E-state index contributed by atoms with van der Waals surface area (Å²) >= 11 is 0. The average Bonchev–Trinajstić information content (AvgIpc) is 2.07. The molecule has 2 heteroatoms. The molecule has 1 N–H and O–H groups in total. The number of aryl methyl sites for hydroxylation is 1. The van der Waals surface area contributed by atoms with Crippen molar-refractivity contribution < 1.29 is 9.90 Å². The highest BCUT2D eigenvalue weighted by Crippen LogP contribution is 2.20. The Labute approximate surface area is 84.6 Å². The van der Waals surface area contributed by atoms with Crippen molar-refractivity contribution in [2.24, 2.45) is 0 Å². The second kappa shape index (κ2) is 4.27. The zero-order valence-electron chi connectivity index (χ0n) is 8.87. The van der Waals surface area contributed by atoms with Gasteiger partial charge < -0.3 is 5.11 Å². The number of hydrogen-bond acceptors (Lipinski definition) is 1. The maximum atomic E-state index is 10.5. The Morgan fingerprint density at radius 1 is 1.43 bits per heavy atom. The molecule has 2 nitrogen and oxygen atoms in total. The van der Waals surface area contributed by atoms with Gasteiger partial charge >= 0.3 is 5.97 Å². The summed E-state index contributed by atoms with van der Waals surface area (Å²) in [7, 11) is 0. The molecule has 0 bridgehead atoms. The normalized spacial score (nSPS) is 10.6. The van der Waals surface area contributed by atoms with Crippen molar-refractivity contribution in [3.05, 3.63) is 34.9 Å². The lowest BCUT2D eigenvalue weighted by Gasteiger charge is -2.10. The summed E-state index contributed by atoms with van der Waals surface area (Å²) in [4.78, 5) is 10.5. The van der Waals surface area contributed by atoms with Gasteiger partial charge in [0, 0.05) is 0 Å². The first-order chi connectivity index (χ1) is 6.50. The molecular weight excluding hydrogens is 176 g/mol. The minimum atomic E-state index is -0.774. The third-order valence-electron chi connectivity index (χ3n) is 2.32. The van der Waals surface area contributed by atoms with Gasteiger partial charge in [-0.3, -0.25) is 4.79 Å². The van der Waals surface area contributed by atoms with E-state index in [0.29, 0.717) is 5.92 Å². The highest BCUT2D eigenvalue weighted by molar-refractivity contribution is 5.70. The quantitative estimate of drug-likeness (QED) is 0.799. The molecule has 0 unspecified atom stereocenters. The standard InChI is InChI=1S/C12H16O2/c1-8(2)11-6-10(7-12(13)14)5-4-9(11)3/h4-6,8H,7H2,1-3H3,(H,13,14). The molecule has 1 aromatic carbocycles. The third-order valence-corrected chi connectivity index (χ3v) is 2.32. The summed E-state index contributed by atoms with van der Waals surface area (Å²) < 4.78 is 0. The summed E-state index contributed by atoms with van der Waals surface area (Å²) in [5.41, 5.74) is 3.35.